The number of nitrogens with zero attached hydrogens (tertiary/aromatic N) is 2. The summed E-state index contributed by atoms with van der Waals surface area (Å²) in [6, 6.07) is 9.37. The number of carbonyl (C=O) groups excluding carboxylic acids is 2. The van der Waals surface area contributed by atoms with Crippen LogP contribution in [0, 0.1) is 16.0 Å². The van der Waals surface area contributed by atoms with Crippen LogP contribution in [0.15, 0.2) is 48.6 Å². The molecule has 3 aliphatic heterocycles. The Morgan fingerprint density at radius 3 is 2.61 bits per heavy atom. The highest BCUT2D eigenvalue weighted by atomic mass is 16.7. The maximum Gasteiger partial charge on any atom is 0.514 e. The number of rotatable bonds is 4. The van der Waals surface area contributed by atoms with Gasteiger partial charge in [-0.3, -0.25) is 19.8 Å². The van der Waals surface area contributed by atoms with E-state index in [1.54, 1.807) is 6.07 Å². The van der Waals surface area contributed by atoms with Gasteiger partial charge in [-0.2, -0.15) is 0 Å². The van der Waals surface area contributed by atoms with Crippen molar-refractivity contribution < 1.29 is 33.5 Å². The molecule has 2 saturated heterocycles. The number of non-ortho nitro benzene ring substituents is 1. The molecule has 0 amide bonds. The number of hydrogen-bond acceptors (Lipinski definition) is 9. The topological polar surface area (TPSA) is 117 Å². The van der Waals surface area contributed by atoms with E-state index in [9.17, 15) is 19.7 Å². The SMILES string of the molecule is CC(=O)Oc1ccc2c3c1O[C@H]1[C@@H](OC(=O)Oc4ccc([N+](=O)[O-])cc4)C=C[C@H]4[C@@H]5C[C@@]2(C[C@@]341)N5C. The molecule has 8 rings (SSSR count). The molecule has 3 fully saturated rings. The number of nitro groups is 1. The fraction of sp³-hybridized carbons (Fsp3) is 0.385. The van der Waals surface area contributed by atoms with Gasteiger partial charge in [-0.1, -0.05) is 12.1 Å². The first-order valence-electron chi connectivity index (χ1n) is 11.8. The van der Waals surface area contributed by atoms with Gasteiger partial charge < -0.3 is 18.9 Å². The highest BCUT2D eigenvalue weighted by Crippen LogP contribution is 2.75. The van der Waals surface area contributed by atoms with Crippen molar-refractivity contribution in [3.8, 4) is 17.2 Å². The second kappa shape index (κ2) is 6.85. The molecule has 0 aromatic heterocycles. The van der Waals surface area contributed by atoms with E-state index in [0.29, 0.717) is 17.5 Å². The molecule has 0 N–H and O–H groups in total. The van der Waals surface area contributed by atoms with Gasteiger partial charge in [0.15, 0.2) is 17.6 Å². The van der Waals surface area contributed by atoms with Gasteiger partial charge in [0.25, 0.3) is 5.69 Å². The minimum Gasteiger partial charge on any atom is -0.481 e. The molecule has 184 valence electrons. The molecule has 3 aliphatic carbocycles. The van der Waals surface area contributed by atoms with E-state index in [4.69, 9.17) is 18.9 Å². The van der Waals surface area contributed by atoms with Gasteiger partial charge in [0.1, 0.15) is 11.9 Å². The highest BCUT2D eigenvalue weighted by Gasteiger charge is 2.77. The lowest BCUT2D eigenvalue weighted by molar-refractivity contribution is -0.384. The Hall–Kier alpha value is -3.92. The molecule has 1 saturated carbocycles. The molecule has 3 heterocycles. The summed E-state index contributed by atoms with van der Waals surface area (Å²) in [5.74, 6) is 0.792. The van der Waals surface area contributed by atoms with Crippen molar-refractivity contribution in [1.29, 1.82) is 0 Å². The zero-order valence-corrected chi connectivity index (χ0v) is 19.5. The molecule has 0 radical (unpaired) electrons. The smallest absolute Gasteiger partial charge is 0.481 e. The summed E-state index contributed by atoms with van der Waals surface area (Å²) in [6.45, 7) is 1.35. The molecule has 10 nitrogen and oxygen atoms in total. The van der Waals surface area contributed by atoms with Crippen LogP contribution < -0.4 is 14.2 Å². The van der Waals surface area contributed by atoms with E-state index in [2.05, 4.69) is 18.0 Å². The van der Waals surface area contributed by atoms with Gasteiger partial charge in [0, 0.05) is 42.1 Å². The predicted octanol–water partition coefficient (Wildman–Crippen LogP) is 3.61. The molecule has 6 atom stereocenters. The first-order valence-corrected chi connectivity index (χ1v) is 11.8. The lowest BCUT2D eigenvalue weighted by Gasteiger charge is -2.66. The van der Waals surface area contributed by atoms with Crippen LogP contribution in [0.1, 0.15) is 30.9 Å². The van der Waals surface area contributed by atoms with Crippen molar-refractivity contribution in [3.05, 3.63) is 69.8 Å². The van der Waals surface area contributed by atoms with Crippen LogP contribution in [0.3, 0.4) is 0 Å². The maximum absolute atomic E-state index is 12.7. The van der Waals surface area contributed by atoms with Crippen molar-refractivity contribution in [3.63, 3.8) is 0 Å². The fourth-order valence-corrected chi connectivity index (χ4v) is 7.38. The molecule has 3 bridgehead atoms. The molecule has 2 aromatic rings. The number of hydrogen-bond donors (Lipinski definition) is 0. The second-order valence-corrected chi connectivity index (χ2v) is 10.2. The van der Waals surface area contributed by atoms with E-state index in [-0.39, 0.29) is 22.9 Å². The standard InChI is InChI=1S/C26H22N2O8/c1-13(29)33-19-9-8-17-21-22(19)36-23-20(35-24(30)34-15-5-3-14(4-6-15)28(31)32)10-7-16-18-11-25(17,27(18)2)12-26(16,21)23/h3-10,16,18,20,23H,11-12H2,1-2H3/t16-,18-,20-,23-,25-,26-/m0/s1. The summed E-state index contributed by atoms with van der Waals surface area (Å²) in [4.78, 5) is 37.3. The minimum atomic E-state index is -0.931. The lowest BCUT2D eigenvalue weighted by Crippen LogP contribution is -2.73. The first kappa shape index (κ1) is 21.4. The van der Waals surface area contributed by atoms with Crippen molar-refractivity contribution >= 4 is 17.8 Å². The summed E-state index contributed by atoms with van der Waals surface area (Å²) in [7, 11) is 2.16. The molecule has 36 heavy (non-hydrogen) atoms. The number of esters is 1. The largest absolute Gasteiger partial charge is 0.514 e. The zero-order chi connectivity index (χ0) is 25.0. The minimum absolute atomic E-state index is 0.100. The number of carbonyl (C=O) groups is 2. The average Bonchev–Trinajstić information content (AvgIpc) is 3.29. The van der Waals surface area contributed by atoms with E-state index < -0.39 is 34.7 Å². The van der Waals surface area contributed by atoms with Crippen molar-refractivity contribution in [1.82, 2.24) is 4.90 Å². The molecule has 0 unspecified atom stereocenters. The second-order valence-electron chi connectivity index (χ2n) is 10.2. The van der Waals surface area contributed by atoms with Gasteiger partial charge in [0.05, 0.1) is 10.3 Å². The van der Waals surface area contributed by atoms with E-state index in [1.807, 2.05) is 12.1 Å². The number of benzene rings is 2. The lowest BCUT2D eigenvalue weighted by atomic mass is 9.52. The van der Waals surface area contributed by atoms with Crippen LogP contribution in [0.5, 0.6) is 17.2 Å². The summed E-state index contributed by atoms with van der Waals surface area (Å²) in [5, 5.41) is 10.9. The van der Waals surface area contributed by atoms with E-state index in [0.717, 1.165) is 18.4 Å². The van der Waals surface area contributed by atoms with Gasteiger partial charge in [-0.25, -0.2) is 4.79 Å². The van der Waals surface area contributed by atoms with Crippen LogP contribution >= 0.6 is 0 Å². The van der Waals surface area contributed by atoms with E-state index in [1.165, 1.54) is 36.8 Å². The quantitative estimate of drug-likeness (QED) is 0.158. The third-order valence-electron chi connectivity index (χ3n) is 8.70. The Kier molecular flexibility index (Phi) is 4.07. The summed E-state index contributed by atoms with van der Waals surface area (Å²) < 4.78 is 23.0. The fourth-order valence-electron chi connectivity index (χ4n) is 7.38. The summed E-state index contributed by atoms with van der Waals surface area (Å²) in [6.07, 6.45) is 3.69. The normalized spacial score (nSPS) is 33.7. The molecular formula is C26H22N2O8. The van der Waals surface area contributed by atoms with Crippen molar-refractivity contribution in [2.75, 3.05) is 7.05 Å². The van der Waals surface area contributed by atoms with Crippen LogP contribution in [-0.4, -0.2) is 47.2 Å². The maximum atomic E-state index is 12.7. The Morgan fingerprint density at radius 2 is 1.92 bits per heavy atom. The van der Waals surface area contributed by atoms with Gasteiger partial charge in [-0.15, -0.1) is 0 Å². The Morgan fingerprint density at radius 1 is 1.14 bits per heavy atom. The molecule has 10 heteroatoms. The van der Waals surface area contributed by atoms with Crippen LogP contribution in [0.2, 0.25) is 0 Å². The van der Waals surface area contributed by atoms with Crippen LogP contribution in [-0.2, 0) is 20.5 Å². The summed E-state index contributed by atoms with van der Waals surface area (Å²) >= 11 is 0. The van der Waals surface area contributed by atoms with Crippen LogP contribution in [0.25, 0.3) is 0 Å². The zero-order valence-electron chi connectivity index (χ0n) is 19.5. The van der Waals surface area contributed by atoms with Gasteiger partial charge in [-0.05, 0) is 49.7 Å². The molecule has 2 aromatic carbocycles. The summed E-state index contributed by atoms with van der Waals surface area (Å²) in [5.41, 5.74) is 1.65. The predicted molar refractivity (Wildman–Crippen MR) is 123 cm³/mol. The number of piperidine rings is 1. The Balaban J connectivity index is 1.23. The van der Waals surface area contributed by atoms with Crippen LogP contribution in [0.4, 0.5) is 10.5 Å². The third kappa shape index (κ3) is 2.49. The van der Waals surface area contributed by atoms with Crippen molar-refractivity contribution in [2.45, 2.75) is 49.0 Å². The first-order chi connectivity index (χ1) is 17.2. The van der Waals surface area contributed by atoms with Crippen molar-refractivity contribution in [2.24, 2.45) is 5.92 Å². The number of nitro benzene ring substituents is 1. The number of ether oxygens (including phenoxy) is 4. The Labute approximate surface area is 205 Å². The average molecular weight is 490 g/mol. The van der Waals surface area contributed by atoms with Gasteiger partial charge >= 0.3 is 12.1 Å². The monoisotopic (exact) mass is 490 g/mol. The molecule has 6 aliphatic rings. The molecule has 2 spiro atoms. The highest BCUT2D eigenvalue weighted by molar-refractivity contribution is 5.74. The Bertz CT molecular complexity index is 1390. The third-order valence-corrected chi connectivity index (χ3v) is 8.70. The van der Waals surface area contributed by atoms with E-state index >= 15 is 0 Å². The van der Waals surface area contributed by atoms with Gasteiger partial charge in [0.2, 0.25) is 0 Å². The molecular weight excluding hydrogens is 468 g/mol.